The highest BCUT2D eigenvalue weighted by Gasteiger charge is 2.31. The van der Waals surface area contributed by atoms with Crippen LogP contribution < -0.4 is 21.7 Å². The summed E-state index contributed by atoms with van der Waals surface area (Å²) in [5.41, 5.74) is 5.90. The lowest BCUT2D eigenvalue weighted by Gasteiger charge is -2.27. The quantitative estimate of drug-likeness (QED) is 0.256. The predicted octanol–water partition coefficient (Wildman–Crippen LogP) is -0.495. The van der Waals surface area contributed by atoms with Gasteiger partial charge in [0.25, 0.3) is 0 Å². The van der Waals surface area contributed by atoms with Gasteiger partial charge in [-0.25, -0.2) is 0 Å². The molecule has 5 unspecified atom stereocenters. The van der Waals surface area contributed by atoms with Gasteiger partial charge in [0.05, 0.1) is 6.04 Å². The van der Waals surface area contributed by atoms with Crippen LogP contribution in [-0.2, 0) is 19.2 Å². The van der Waals surface area contributed by atoms with Crippen molar-refractivity contribution in [1.82, 2.24) is 16.0 Å². The van der Waals surface area contributed by atoms with Crippen molar-refractivity contribution in [2.75, 3.05) is 5.75 Å². The van der Waals surface area contributed by atoms with E-state index in [0.717, 1.165) is 6.42 Å². The Hall–Kier alpha value is -1.81. The molecule has 10 heteroatoms. The molecule has 5 atom stereocenters. The summed E-state index contributed by atoms with van der Waals surface area (Å²) in [5, 5.41) is 16.3. The van der Waals surface area contributed by atoms with Crippen molar-refractivity contribution in [3.8, 4) is 0 Å². The molecule has 0 fully saturated rings. The molecule has 0 aromatic heterocycles. The van der Waals surface area contributed by atoms with E-state index in [2.05, 4.69) is 28.6 Å². The zero-order chi connectivity index (χ0) is 21.3. The molecule has 3 amide bonds. The lowest BCUT2D eigenvalue weighted by molar-refractivity contribution is -0.141. The topological polar surface area (TPSA) is 151 Å². The molecule has 0 radical (unpaired) electrons. The fourth-order valence-electron chi connectivity index (χ4n) is 2.13. The average Bonchev–Trinajstić information content (AvgIpc) is 2.61. The van der Waals surface area contributed by atoms with Crippen molar-refractivity contribution >= 4 is 36.3 Å². The Kier molecular flexibility index (Phi) is 11.0. The first-order chi connectivity index (χ1) is 12.5. The third-order valence-electron chi connectivity index (χ3n) is 4.35. The normalized spacial score (nSPS) is 16.6. The number of nitrogens with one attached hydrogen (secondary N) is 3. The second-order valence-electron chi connectivity index (χ2n) is 6.95. The van der Waals surface area contributed by atoms with Gasteiger partial charge in [0.2, 0.25) is 17.7 Å². The van der Waals surface area contributed by atoms with Crippen molar-refractivity contribution in [1.29, 1.82) is 0 Å². The predicted molar refractivity (Wildman–Crippen MR) is 105 cm³/mol. The van der Waals surface area contributed by atoms with E-state index in [0.29, 0.717) is 0 Å². The van der Waals surface area contributed by atoms with Crippen LogP contribution in [0.5, 0.6) is 0 Å². The molecule has 0 aromatic rings. The summed E-state index contributed by atoms with van der Waals surface area (Å²) in [6.07, 6.45) is 0.719. The molecule has 0 rings (SSSR count). The molecule has 156 valence electrons. The maximum atomic E-state index is 12.6. The van der Waals surface area contributed by atoms with Crippen LogP contribution in [0.25, 0.3) is 0 Å². The van der Waals surface area contributed by atoms with E-state index in [9.17, 15) is 19.2 Å². The van der Waals surface area contributed by atoms with E-state index in [4.69, 9.17) is 10.8 Å². The molecule has 9 nitrogen and oxygen atoms in total. The first-order valence-corrected chi connectivity index (χ1v) is 9.59. The maximum absolute atomic E-state index is 12.6. The summed E-state index contributed by atoms with van der Waals surface area (Å²) in [7, 11) is 0. The molecule has 27 heavy (non-hydrogen) atoms. The highest BCUT2D eigenvalue weighted by atomic mass is 32.1. The largest absolute Gasteiger partial charge is 0.480 e. The van der Waals surface area contributed by atoms with Crippen LogP contribution in [0, 0.1) is 11.8 Å². The summed E-state index contributed by atoms with van der Waals surface area (Å²) in [4.78, 5) is 47.9. The number of hydrogen-bond acceptors (Lipinski definition) is 6. The minimum Gasteiger partial charge on any atom is -0.480 e. The number of nitrogens with two attached hydrogens (primary N) is 1. The Morgan fingerprint density at radius 2 is 1.52 bits per heavy atom. The van der Waals surface area contributed by atoms with Gasteiger partial charge >= 0.3 is 5.97 Å². The number of thiol groups is 1. The lowest BCUT2D eigenvalue weighted by Crippen LogP contribution is -2.59. The molecular formula is C17H32N4O5S. The van der Waals surface area contributed by atoms with Crippen molar-refractivity contribution in [3.63, 3.8) is 0 Å². The molecule has 0 heterocycles. The molecule has 0 spiro atoms. The van der Waals surface area contributed by atoms with E-state index in [1.165, 1.54) is 6.92 Å². The second kappa shape index (κ2) is 11.8. The van der Waals surface area contributed by atoms with Crippen molar-refractivity contribution in [2.45, 2.75) is 65.2 Å². The lowest BCUT2D eigenvalue weighted by atomic mass is 9.97. The van der Waals surface area contributed by atoms with Gasteiger partial charge in [-0.2, -0.15) is 12.6 Å². The monoisotopic (exact) mass is 404 g/mol. The third-order valence-corrected chi connectivity index (χ3v) is 4.72. The summed E-state index contributed by atoms with van der Waals surface area (Å²) >= 11 is 4.04. The number of carboxylic acid groups (broad SMARTS) is 1. The number of hydrogen-bond donors (Lipinski definition) is 6. The van der Waals surface area contributed by atoms with E-state index >= 15 is 0 Å². The molecule has 0 bridgehead atoms. The third kappa shape index (κ3) is 8.17. The Balaban J connectivity index is 5.07. The second-order valence-corrected chi connectivity index (χ2v) is 7.32. The fraction of sp³-hybridized carbons (Fsp3) is 0.765. The fourth-order valence-corrected chi connectivity index (χ4v) is 2.39. The minimum absolute atomic E-state index is 0.0327. The van der Waals surface area contributed by atoms with E-state index in [1.807, 2.05) is 13.8 Å². The SMILES string of the molecule is CCC(C)C(N)C(=O)NC(C(=O)NC(CS)C(=O)NC(C)C(=O)O)C(C)C. The molecular weight excluding hydrogens is 372 g/mol. The summed E-state index contributed by atoms with van der Waals surface area (Å²) < 4.78 is 0. The maximum Gasteiger partial charge on any atom is 0.325 e. The minimum atomic E-state index is -1.20. The number of carbonyl (C=O) groups is 4. The Bertz CT molecular complexity index is 543. The molecule has 6 N–H and O–H groups in total. The standard InChI is InChI=1S/C17H32N4O5S/c1-6-9(4)12(18)15(23)21-13(8(2)3)16(24)20-11(7-27)14(22)19-10(5)17(25)26/h8-13,27H,6-7,18H2,1-5H3,(H,19,22)(H,20,24)(H,21,23)(H,25,26). The molecule has 0 aromatic carbocycles. The van der Waals surface area contributed by atoms with E-state index < -0.39 is 47.9 Å². The van der Waals surface area contributed by atoms with Crippen LogP contribution in [-0.4, -0.2) is 58.7 Å². The summed E-state index contributed by atoms with van der Waals surface area (Å²) in [5.74, 6) is -3.20. The number of amides is 3. The Morgan fingerprint density at radius 3 is 1.93 bits per heavy atom. The van der Waals surface area contributed by atoms with Crippen LogP contribution in [0.15, 0.2) is 0 Å². The van der Waals surface area contributed by atoms with Crippen LogP contribution in [0.1, 0.15) is 41.0 Å². The van der Waals surface area contributed by atoms with Crippen LogP contribution in [0.2, 0.25) is 0 Å². The van der Waals surface area contributed by atoms with Gasteiger partial charge in [0.1, 0.15) is 18.1 Å². The van der Waals surface area contributed by atoms with Crippen LogP contribution >= 0.6 is 12.6 Å². The van der Waals surface area contributed by atoms with Gasteiger partial charge in [-0.1, -0.05) is 34.1 Å². The smallest absolute Gasteiger partial charge is 0.325 e. The Morgan fingerprint density at radius 1 is 0.963 bits per heavy atom. The molecule has 0 saturated heterocycles. The van der Waals surface area contributed by atoms with Crippen LogP contribution in [0.3, 0.4) is 0 Å². The number of aliphatic carboxylic acids is 1. The van der Waals surface area contributed by atoms with Crippen molar-refractivity contribution in [3.05, 3.63) is 0 Å². The first-order valence-electron chi connectivity index (χ1n) is 8.96. The number of carboxylic acids is 1. The van der Waals surface area contributed by atoms with Crippen molar-refractivity contribution in [2.24, 2.45) is 17.6 Å². The van der Waals surface area contributed by atoms with Gasteiger partial charge in [-0.15, -0.1) is 0 Å². The Labute approximate surface area is 165 Å². The molecule has 0 aliphatic heterocycles. The zero-order valence-electron chi connectivity index (χ0n) is 16.5. The summed E-state index contributed by atoms with van der Waals surface area (Å²) in [6.45, 7) is 8.58. The highest BCUT2D eigenvalue weighted by molar-refractivity contribution is 7.80. The van der Waals surface area contributed by atoms with E-state index in [1.54, 1.807) is 13.8 Å². The van der Waals surface area contributed by atoms with Gasteiger partial charge in [-0.05, 0) is 18.8 Å². The highest BCUT2D eigenvalue weighted by Crippen LogP contribution is 2.08. The average molecular weight is 405 g/mol. The van der Waals surface area contributed by atoms with E-state index in [-0.39, 0.29) is 17.6 Å². The number of carbonyl (C=O) groups excluding carboxylic acids is 3. The van der Waals surface area contributed by atoms with Gasteiger partial charge < -0.3 is 26.8 Å². The van der Waals surface area contributed by atoms with Crippen LogP contribution in [0.4, 0.5) is 0 Å². The summed E-state index contributed by atoms with van der Waals surface area (Å²) in [6, 6.07) is -3.78. The zero-order valence-corrected chi connectivity index (χ0v) is 17.4. The number of rotatable bonds is 11. The molecule has 0 saturated carbocycles. The molecule has 0 aliphatic carbocycles. The first kappa shape index (κ1) is 25.2. The van der Waals surface area contributed by atoms with Gasteiger partial charge in [0, 0.05) is 5.75 Å². The van der Waals surface area contributed by atoms with Gasteiger partial charge in [0.15, 0.2) is 0 Å². The van der Waals surface area contributed by atoms with Gasteiger partial charge in [-0.3, -0.25) is 19.2 Å². The van der Waals surface area contributed by atoms with Crippen molar-refractivity contribution < 1.29 is 24.3 Å². The molecule has 0 aliphatic rings.